The molecule has 9 nitrogen and oxygen atoms in total. The van der Waals surface area contributed by atoms with Crippen molar-refractivity contribution in [2.75, 3.05) is 13.2 Å². The first-order valence-corrected chi connectivity index (χ1v) is 10.6. The van der Waals surface area contributed by atoms with Crippen LogP contribution in [-0.2, 0) is 20.8 Å². The van der Waals surface area contributed by atoms with Crippen LogP contribution in [-0.4, -0.2) is 39.0 Å². The van der Waals surface area contributed by atoms with Crippen molar-refractivity contribution >= 4 is 28.6 Å². The molecule has 0 fully saturated rings. The minimum absolute atomic E-state index is 0.0132. The minimum Gasteiger partial charge on any atom is -0.491 e. The number of aromatic nitrogens is 3. The van der Waals surface area contributed by atoms with Gasteiger partial charge >= 0.3 is 5.97 Å². The molecule has 0 bridgehead atoms. The average Bonchev–Trinajstić information content (AvgIpc) is 2.79. The van der Waals surface area contributed by atoms with Crippen LogP contribution in [0.5, 0.6) is 0 Å². The van der Waals surface area contributed by atoms with Gasteiger partial charge in [-0.2, -0.15) is 4.99 Å². The Kier molecular flexibility index (Phi) is 7.55. The van der Waals surface area contributed by atoms with Crippen molar-refractivity contribution in [2.45, 2.75) is 33.7 Å². The van der Waals surface area contributed by atoms with E-state index in [9.17, 15) is 14.4 Å². The molecule has 0 atom stereocenters. The molecule has 3 aromatic rings. The van der Waals surface area contributed by atoms with Crippen molar-refractivity contribution in [1.82, 2.24) is 14.0 Å². The smallest absolute Gasteiger partial charge is 0.341 e. The van der Waals surface area contributed by atoms with Crippen LogP contribution in [0.15, 0.2) is 59.2 Å². The summed E-state index contributed by atoms with van der Waals surface area (Å²) in [6, 6.07) is 5.01. The molecule has 0 radical (unpaired) electrons. The topological polar surface area (TPSA) is 104 Å². The number of hydrogen-bond acceptors (Lipinski definition) is 6. The Balaban J connectivity index is 2.38. The summed E-state index contributed by atoms with van der Waals surface area (Å²) in [5.74, 6) is -1.29. The maximum atomic E-state index is 13.3. The number of carbonyl (C=O) groups is 2. The number of pyridine rings is 2. The van der Waals surface area contributed by atoms with E-state index in [-0.39, 0.29) is 35.2 Å². The van der Waals surface area contributed by atoms with E-state index in [2.05, 4.69) is 11.6 Å². The molecule has 0 aliphatic carbocycles. The van der Waals surface area contributed by atoms with E-state index in [4.69, 9.17) is 14.5 Å². The maximum Gasteiger partial charge on any atom is 0.341 e. The summed E-state index contributed by atoms with van der Waals surface area (Å²) in [5.41, 5.74) is 1.39. The zero-order chi connectivity index (χ0) is 24.0. The number of rotatable bonds is 8. The standard InChI is InChI=1S/C24H26N4O5/c1-5-8-13-32-15-19(29)25-22-18(24(31)33-7-3)14-17-21(27(22)11-6-2)26-20-16(4)10-9-12-28(20)23(17)30/h5,8-10,12-14H,1,6-7,11,15H2,2-4H3/b13-8+,25-22?. The number of amides is 1. The predicted octanol–water partition coefficient (Wildman–Crippen LogP) is 2.69. The molecule has 3 rings (SSSR count). The molecule has 1 amide bonds. The van der Waals surface area contributed by atoms with Gasteiger partial charge in [0.2, 0.25) is 0 Å². The van der Waals surface area contributed by atoms with Gasteiger partial charge in [-0.3, -0.25) is 14.0 Å². The van der Waals surface area contributed by atoms with Crippen molar-refractivity contribution in [2.24, 2.45) is 4.99 Å². The first-order valence-electron chi connectivity index (χ1n) is 10.6. The maximum absolute atomic E-state index is 13.3. The molecule has 3 heterocycles. The summed E-state index contributed by atoms with van der Waals surface area (Å²) in [7, 11) is 0. The van der Waals surface area contributed by atoms with Gasteiger partial charge in [0.15, 0.2) is 12.1 Å². The molecular weight excluding hydrogens is 424 g/mol. The Morgan fingerprint density at radius 3 is 2.76 bits per heavy atom. The molecule has 0 spiro atoms. The fraction of sp³-hybridized carbons (Fsp3) is 0.292. The first kappa shape index (κ1) is 23.6. The van der Waals surface area contributed by atoms with Crippen molar-refractivity contribution in [3.8, 4) is 0 Å². The molecule has 0 saturated carbocycles. The quantitative estimate of drug-likeness (QED) is 0.226. The van der Waals surface area contributed by atoms with Crippen LogP contribution in [0, 0.1) is 6.92 Å². The lowest BCUT2D eigenvalue weighted by Gasteiger charge is -2.15. The second-order valence-corrected chi connectivity index (χ2v) is 7.17. The predicted molar refractivity (Wildman–Crippen MR) is 124 cm³/mol. The number of aryl methyl sites for hydroxylation is 2. The number of hydrogen-bond donors (Lipinski definition) is 0. The van der Waals surface area contributed by atoms with E-state index in [1.807, 2.05) is 19.9 Å². The normalized spacial score (nSPS) is 11.9. The van der Waals surface area contributed by atoms with Crippen LogP contribution in [0.1, 0.15) is 36.2 Å². The number of esters is 1. The van der Waals surface area contributed by atoms with E-state index in [1.165, 1.54) is 28.9 Å². The second-order valence-electron chi connectivity index (χ2n) is 7.17. The van der Waals surface area contributed by atoms with Gasteiger partial charge in [0, 0.05) is 12.7 Å². The molecule has 0 aromatic carbocycles. The molecule has 33 heavy (non-hydrogen) atoms. The van der Waals surface area contributed by atoms with E-state index in [1.54, 1.807) is 23.8 Å². The van der Waals surface area contributed by atoms with Gasteiger partial charge in [-0.25, -0.2) is 9.78 Å². The number of carbonyl (C=O) groups excluding carboxylic acids is 2. The van der Waals surface area contributed by atoms with Crippen molar-refractivity contribution in [1.29, 1.82) is 0 Å². The van der Waals surface area contributed by atoms with E-state index < -0.39 is 11.9 Å². The zero-order valence-electron chi connectivity index (χ0n) is 18.9. The van der Waals surface area contributed by atoms with Gasteiger partial charge in [-0.1, -0.05) is 25.6 Å². The lowest BCUT2D eigenvalue weighted by Crippen LogP contribution is -2.33. The van der Waals surface area contributed by atoms with Crippen molar-refractivity contribution in [3.05, 3.63) is 76.4 Å². The fourth-order valence-corrected chi connectivity index (χ4v) is 3.38. The molecule has 9 heteroatoms. The number of nitrogens with zero attached hydrogens (tertiary/aromatic N) is 4. The van der Waals surface area contributed by atoms with Crippen molar-refractivity contribution < 1.29 is 19.1 Å². The highest BCUT2D eigenvalue weighted by molar-refractivity contribution is 5.93. The minimum atomic E-state index is -0.683. The van der Waals surface area contributed by atoms with Gasteiger partial charge in [0.1, 0.15) is 16.9 Å². The third kappa shape index (κ3) is 4.92. The van der Waals surface area contributed by atoms with Crippen LogP contribution >= 0.6 is 0 Å². The van der Waals surface area contributed by atoms with Crippen molar-refractivity contribution in [3.63, 3.8) is 0 Å². The van der Waals surface area contributed by atoms with Crippen LogP contribution in [0.3, 0.4) is 0 Å². The summed E-state index contributed by atoms with van der Waals surface area (Å²) >= 11 is 0. The van der Waals surface area contributed by atoms with E-state index >= 15 is 0 Å². The summed E-state index contributed by atoms with van der Waals surface area (Å²) in [5, 5.41) is 0.228. The molecule has 0 aliphatic rings. The van der Waals surface area contributed by atoms with Gasteiger partial charge in [-0.05, 0) is 44.0 Å². The second kappa shape index (κ2) is 10.5. The number of fused-ring (bicyclic) bond motifs is 2. The molecular formula is C24H26N4O5. The molecule has 172 valence electrons. The zero-order valence-corrected chi connectivity index (χ0v) is 18.9. The highest BCUT2D eigenvalue weighted by Gasteiger charge is 2.20. The van der Waals surface area contributed by atoms with Gasteiger partial charge in [0.25, 0.3) is 11.5 Å². The molecule has 0 N–H and O–H groups in total. The third-order valence-corrected chi connectivity index (χ3v) is 4.80. The largest absolute Gasteiger partial charge is 0.491 e. The third-order valence-electron chi connectivity index (χ3n) is 4.80. The highest BCUT2D eigenvalue weighted by atomic mass is 16.5. The summed E-state index contributed by atoms with van der Waals surface area (Å²) in [6.07, 6.45) is 6.65. The first-order chi connectivity index (χ1) is 15.9. The Labute approximate surface area is 190 Å². The summed E-state index contributed by atoms with van der Waals surface area (Å²) in [6.45, 7) is 9.16. The lowest BCUT2D eigenvalue weighted by atomic mass is 10.2. The van der Waals surface area contributed by atoms with Crippen LogP contribution in [0.25, 0.3) is 16.7 Å². The van der Waals surface area contributed by atoms with E-state index in [0.29, 0.717) is 24.3 Å². The lowest BCUT2D eigenvalue weighted by molar-refractivity contribution is -0.120. The molecule has 0 aliphatic heterocycles. The number of ether oxygens (including phenoxy) is 2. The summed E-state index contributed by atoms with van der Waals surface area (Å²) < 4.78 is 13.4. The monoisotopic (exact) mass is 450 g/mol. The Bertz CT molecular complexity index is 1380. The van der Waals surface area contributed by atoms with Gasteiger partial charge in [0.05, 0.1) is 18.3 Å². The number of allylic oxidation sites excluding steroid dienone is 2. The fourth-order valence-electron chi connectivity index (χ4n) is 3.38. The van der Waals surface area contributed by atoms with Gasteiger partial charge in [-0.15, -0.1) is 0 Å². The Morgan fingerprint density at radius 1 is 1.27 bits per heavy atom. The Morgan fingerprint density at radius 2 is 2.06 bits per heavy atom. The Hall–Kier alpha value is -4.01. The van der Waals surface area contributed by atoms with Crippen LogP contribution in [0.4, 0.5) is 0 Å². The van der Waals surface area contributed by atoms with Crippen LogP contribution < -0.4 is 11.0 Å². The molecule has 0 saturated heterocycles. The highest BCUT2D eigenvalue weighted by Crippen LogP contribution is 2.14. The molecule has 0 unspecified atom stereocenters. The van der Waals surface area contributed by atoms with E-state index in [0.717, 1.165) is 5.56 Å². The van der Waals surface area contributed by atoms with Gasteiger partial charge < -0.3 is 14.0 Å². The molecule has 3 aromatic heterocycles. The average molecular weight is 450 g/mol. The summed E-state index contributed by atoms with van der Waals surface area (Å²) in [4.78, 5) is 47.5. The van der Waals surface area contributed by atoms with Crippen LogP contribution in [0.2, 0.25) is 0 Å². The SMILES string of the molecule is C=C/C=C/OCC(=O)N=c1c(C(=O)OCC)cc2c(=O)n3cccc(C)c3nc2n1CCC.